The summed E-state index contributed by atoms with van der Waals surface area (Å²) in [5.74, 6) is 1.18. The van der Waals surface area contributed by atoms with Crippen LogP contribution in [0.3, 0.4) is 0 Å². The number of carbonyl (C=O) groups excluding carboxylic acids is 1. The number of nitrogens with one attached hydrogen (secondary N) is 1. The van der Waals surface area contributed by atoms with E-state index in [0.29, 0.717) is 11.8 Å². The standard InChI is InChI=1S/C18H23NO2/c20-18(17-15-9-3-7-13(15)11-19-17)21-16-10-4-6-12-5-1-2-8-14(12)16/h1-2,5,8,13,15-17,19H,3-4,6-7,9-11H2. The number of hydrogen-bond donors (Lipinski definition) is 1. The summed E-state index contributed by atoms with van der Waals surface area (Å²) in [5, 5.41) is 3.40. The van der Waals surface area contributed by atoms with Gasteiger partial charge in [-0.3, -0.25) is 4.79 Å². The van der Waals surface area contributed by atoms with Gasteiger partial charge in [0.15, 0.2) is 0 Å². The third-order valence-electron chi connectivity index (χ3n) is 5.57. The Bertz CT molecular complexity index is 542. The van der Waals surface area contributed by atoms with Crippen LogP contribution < -0.4 is 5.32 Å². The van der Waals surface area contributed by atoms with E-state index in [1.165, 1.54) is 30.4 Å². The molecule has 0 radical (unpaired) electrons. The normalized spacial score (nSPS) is 34.3. The first-order valence-corrected chi connectivity index (χ1v) is 8.34. The van der Waals surface area contributed by atoms with E-state index >= 15 is 0 Å². The first kappa shape index (κ1) is 13.3. The van der Waals surface area contributed by atoms with Crippen molar-refractivity contribution in [1.29, 1.82) is 0 Å². The van der Waals surface area contributed by atoms with Crippen LogP contribution in [0.15, 0.2) is 24.3 Å². The van der Waals surface area contributed by atoms with E-state index in [0.717, 1.165) is 25.8 Å². The van der Waals surface area contributed by atoms with E-state index < -0.39 is 0 Å². The molecule has 0 spiro atoms. The van der Waals surface area contributed by atoms with Crippen LogP contribution in [0.4, 0.5) is 0 Å². The van der Waals surface area contributed by atoms with Gasteiger partial charge in [-0.2, -0.15) is 0 Å². The van der Waals surface area contributed by atoms with Crippen molar-refractivity contribution in [1.82, 2.24) is 5.32 Å². The number of benzene rings is 1. The first-order valence-electron chi connectivity index (χ1n) is 8.34. The number of ether oxygens (including phenoxy) is 1. The number of hydrogen-bond acceptors (Lipinski definition) is 3. The van der Waals surface area contributed by atoms with E-state index in [2.05, 4.69) is 23.5 Å². The molecule has 4 atom stereocenters. The zero-order valence-electron chi connectivity index (χ0n) is 12.4. The summed E-state index contributed by atoms with van der Waals surface area (Å²) in [6.45, 7) is 0.992. The molecule has 4 unspecified atom stereocenters. The summed E-state index contributed by atoms with van der Waals surface area (Å²) in [6, 6.07) is 8.34. The molecule has 112 valence electrons. The van der Waals surface area contributed by atoms with Gasteiger partial charge in [-0.05, 0) is 61.6 Å². The highest BCUT2D eigenvalue weighted by atomic mass is 16.5. The molecule has 3 nitrogen and oxygen atoms in total. The van der Waals surface area contributed by atoms with Crippen LogP contribution in [0.2, 0.25) is 0 Å². The predicted octanol–water partition coefficient (Wildman–Crippen LogP) is 3.00. The van der Waals surface area contributed by atoms with Crippen LogP contribution in [-0.2, 0) is 16.0 Å². The summed E-state index contributed by atoms with van der Waals surface area (Å²) in [6.07, 6.45) is 6.86. The Morgan fingerprint density at radius 1 is 1.14 bits per heavy atom. The van der Waals surface area contributed by atoms with Crippen LogP contribution in [-0.4, -0.2) is 18.6 Å². The summed E-state index contributed by atoms with van der Waals surface area (Å²) in [4.78, 5) is 12.6. The van der Waals surface area contributed by atoms with Gasteiger partial charge < -0.3 is 10.1 Å². The molecular formula is C18H23NO2. The SMILES string of the molecule is O=C(OC1CCCc2ccccc21)C1NCC2CCCC21. The fourth-order valence-corrected chi connectivity index (χ4v) is 4.49. The van der Waals surface area contributed by atoms with Crippen molar-refractivity contribution in [3.8, 4) is 0 Å². The van der Waals surface area contributed by atoms with Crippen LogP contribution in [0.25, 0.3) is 0 Å². The minimum Gasteiger partial charge on any atom is -0.456 e. The van der Waals surface area contributed by atoms with Gasteiger partial charge in [0.25, 0.3) is 0 Å². The fraction of sp³-hybridized carbons (Fsp3) is 0.611. The lowest BCUT2D eigenvalue weighted by atomic mass is 9.89. The van der Waals surface area contributed by atoms with Gasteiger partial charge in [0.1, 0.15) is 12.1 Å². The lowest BCUT2D eigenvalue weighted by Crippen LogP contribution is -2.38. The molecule has 0 bridgehead atoms. The second kappa shape index (κ2) is 5.45. The van der Waals surface area contributed by atoms with Gasteiger partial charge in [-0.25, -0.2) is 0 Å². The molecule has 1 aromatic carbocycles. The highest BCUT2D eigenvalue weighted by Gasteiger charge is 2.44. The van der Waals surface area contributed by atoms with Gasteiger partial charge in [-0.15, -0.1) is 0 Å². The lowest BCUT2D eigenvalue weighted by Gasteiger charge is -2.27. The number of fused-ring (bicyclic) bond motifs is 2. The average Bonchev–Trinajstić information content (AvgIpc) is 3.10. The Morgan fingerprint density at radius 2 is 2.05 bits per heavy atom. The number of carbonyl (C=O) groups is 1. The number of aryl methyl sites for hydroxylation is 1. The van der Waals surface area contributed by atoms with E-state index in [1.54, 1.807) is 0 Å². The highest BCUT2D eigenvalue weighted by molar-refractivity contribution is 5.77. The van der Waals surface area contributed by atoms with Crippen molar-refractivity contribution in [3.63, 3.8) is 0 Å². The van der Waals surface area contributed by atoms with Gasteiger partial charge in [0, 0.05) is 0 Å². The average molecular weight is 285 g/mol. The van der Waals surface area contributed by atoms with Crippen molar-refractivity contribution in [2.24, 2.45) is 11.8 Å². The van der Waals surface area contributed by atoms with Crippen molar-refractivity contribution in [2.75, 3.05) is 6.54 Å². The number of rotatable bonds is 2. The Kier molecular flexibility index (Phi) is 3.46. The Labute approximate surface area is 126 Å². The molecule has 1 N–H and O–H groups in total. The molecule has 1 saturated carbocycles. The van der Waals surface area contributed by atoms with Gasteiger partial charge in [-0.1, -0.05) is 30.7 Å². The maximum atomic E-state index is 12.6. The molecule has 0 amide bonds. The Balaban J connectivity index is 1.48. The minimum absolute atomic E-state index is 0.0221. The molecule has 1 aliphatic heterocycles. The zero-order valence-corrected chi connectivity index (χ0v) is 12.4. The van der Waals surface area contributed by atoms with Crippen LogP contribution in [0, 0.1) is 11.8 Å². The van der Waals surface area contributed by atoms with Crippen LogP contribution >= 0.6 is 0 Å². The maximum absolute atomic E-state index is 12.6. The molecule has 4 rings (SSSR count). The third kappa shape index (κ3) is 2.38. The van der Waals surface area contributed by atoms with E-state index in [1.807, 2.05) is 6.07 Å². The van der Waals surface area contributed by atoms with E-state index in [-0.39, 0.29) is 18.1 Å². The van der Waals surface area contributed by atoms with Gasteiger partial charge in [0.05, 0.1) is 0 Å². The lowest BCUT2D eigenvalue weighted by molar-refractivity contribution is -0.153. The molecule has 0 aromatic heterocycles. The van der Waals surface area contributed by atoms with Crippen LogP contribution in [0.5, 0.6) is 0 Å². The quantitative estimate of drug-likeness (QED) is 0.849. The monoisotopic (exact) mass is 285 g/mol. The van der Waals surface area contributed by atoms with E-state index in [9.17, 15) is 4.79 Å². The first-order chi connectivity index (χ1) is 10.3. The van der Waals surface area contributed by atoms with Gasteiger partial charge in [0.2, 0.25) is 0 Å². The molecule has 3 heteroatoms. The highest BCUT2D eigenvalue weighted by Crippen LogP contribution is 2.39. The maximum Gasteiger partial charge on any atom is 0.324 e. The minimum atomic E-state index is -0.0633. The van der Waals surface area contributed by atoms with Crippen molar-refractivity contribution in [2.45, 2.75) is 50.7 Å². The number of esters is 1. The summed E-state index contributed by atoms with van der Waals surface area (Å²) in [5.41, 5.74) is 2.57. The zero-order chi connectivity index (χ0) is 14.2. The molecule has 21 heavy (non-hydrogen) atoms. The van der Waals surface area contributed by atoms with Crippen molar-refractivity contribution >= 4 is 5.97 Å². The Hall–Kier alpha value is -1.35. The summed E-state index contributed by atoms with van der Waals surface area (Å²) >= 11 is 0. The topological polar surface area (TPSA) is 38.3 Å². The summed E-state index contributed by atoms with van der Waals surface area (Å²) < 4.78 is 5.91. The molecular weight excluding hydrogens is 262 g/mol. The molecule has 1 saturated heterocycles. The smallest absolute Gasteiger partial charge is 0.324 e. The van der Waals surface area contributed by atoms with E-state index in [4.69, 9.17) is 4.74 Å². The largest absolute Gasteiger partial charge is 0.456 e. The molecule has 1 aromatic rings. The predicted molar refractivity (Wildman–Crippen MR) is 80.8 cm³/mol. The van der Waals surface area contributed by atoms with Crippen LogP contribution in [0.1, 0.15) is 49.3 Å². The second-order valence-corrected chi connectivity index (χ2v) is 6.76. The van der Waals surface area contributed by atoms with Crippen molar-refractivity contribution in [3.05, 3.63) is 35.4 Å². The van der Waals surface area contributed by atoms with Gasteiger partial charge >= 0.3 is 5.97 Å². The third-order valence-corrected chi connectivity index (χ3v) is 5.57. The molecule has 1 heterocycles. The fourth-order valence-electron chi connectivity index (χ4n) is 4.49. The molecule has 2 fully saturated rings. The van der Waals surface area contributed by atoms with Crippen molar-refractivity contribution < 1.29 is 9.53 Å². The molecule has 2 aliphatic carbocycles. The molecule has 3 aliphatic rings. The summed E-state index contributed by atoms with van der Waals surface area (Å²) in [7, 11) is 0. The Morgan fingerprint density at radius 3 is 3.00 bits per heavy atom. The second-order valence-electron chi connectivity index (χ2n) is 6.76.